The number of guanidine groups is 1. The van der Waals surface area contributed by atoms with Gasteiger partial charge in [-0.15, -0.1) is 35.3 Å². The molecule has 0 amide bonds. The molecule has 1 aliphatic rings. The number of piperidine rings is 1. The number of ether oxygens (including phenoxy) is 1. The van der Waals surface area contributed by atoms with E-state index >= 15 is 0 Å². The molecule has 1 atom stereocenters. The van der Waals surface area contributed by atoms with Gasteiger partial charge in [0, 0.05) is 29.9 Å². The monoisotopic (exact) mass is 465 g/mol. The van der Waals surface area contributed by atoms with Crippen molar-refractivity contribution in [1.82, 2.24) is 10.2 Å². The number of aliphatic imine (C=N–C) groups is 1. The molecule has 136 valence electrons. The van der Waals surface area contributed by atoms with Gasteiger partial charge >= 0.3 is 5.97 Å². The fourth-order valence-electron chi connectivity index (χ4n) is 2.83. The summed E-state index contributed by atoms with van der Waals surface area (Å²) in [6.07, 6.45) is 2.97. The number of esters is 1. The lowest BCUT2D eigenvalue weighted by Crippen LogP contribution is -2.48. The van der Waals surface area contributed by atoms with Crippen LogP contribution in [0.5, 0.6) is 0 Å². The summed E-state index contributed by atoms with van der Waals surface area (Å²) in [4.78, 5) is 21.2. The molecule has 1 aliphatic heterocycles. The number of aryl methyl sites for hydroxylation is 1. The van der Waals surface area contributed by atoms with E-state index in [4.69, 9.17) is 4.74 Å². The highest BCUT2D eigenvalue weighted by Gasteiger charge is 2.28. The maximum atomic E-state index is 12.0. The van der Waals surface area contributed by atoms with Crippen LogP contribution in [0.15, 0.2) is 17.1 Å². The SMILES string of the molecule is CCOC(=O)C1CCCN(C(=NC)NCc2ccc(CC)s2)C1.I. The largest absolute Gasteiger partial charge is 0.466 e. The maximum Gasteiger partial charge on any atom is 0.310 e. The van der Waals surface area contributed by atoms with Crippen LogP contribution in [0.3, 0.4) is 0 Å². The van der Waals surface area contributed by atoms with Crippen molar-refractivity contribution in [3.8, 4) is 0 Å². The summed E-state index contributed by atoms with van der Waals surface area (Å²) in [6.45, 7) is 6.86. The number of nitrogens with zero attached hydrogens (tertiary/aromatic N) is 2. The molecule has 1 N–H and O–H groups in total. The van der Waals surface area contributed by atoms with E-state index in [1.807, 2.05) is 18.3 Å². The summed E-state index contributed by atoms with van der Waals surface area (Å²) in [6, 6.07) is 4.35. The Kier molecular flexibility index (Phi) is 9.65. The average Bonchev–Trinajstić information content (AvgIpc) is 3.04. The molecule has 1 aromatic rings. The van der Waals surface area contributed by atoms with Crippen molar-refractivity contribution in [2.75, 3.05) is 26.7 Å². The highest BCUT2D eigenvalue weighted by molar-refractivity contribution is 14.0. The predicted molar refractivity (Wildman–Crippen MR) is 110 cm³/mol. The number of halogens is 1. The highest BCUT2D eigenvalue weighted by atomic mass is 127. The lowest BCUT2D eigenvalue weighted by Gasteiger charge is -2.33. The molecule has 0 radical (unpaired) electrons. The minimum atomic E-state index is -0.0847. The van der Waals surface area contributed by atoms with Crippen molar-refractivity contribution in [2.45, 2.75) is 39.7 Å². The van der Waals surface area contributed by atoms with Crippen LogP contribution in [0.25, 0.3) is 0 Å². The van der Waals surface area contributed by atoms with Gasteiger partial charge in [0.05, 0.1) is 19.1 Å². The molecular formula is C17H28IN3O2S. The van der Waals surface area contributed by atoms with Crippen molar-refractivity contribution >= 4 is 47.2 Å². The van der Waals surface area contributed by atoms with Crippen LogP contribution >= 0.6 is 35.3 Å². The molecule has 1 unspecified atom stereocenters. The Hall–Kier alpha value is -0.830. The third kappa shape index (κ3) is 5.91. The van der Waals surface area contributed by atoms with Crippen LogP contribution < -0.4 is 5.32 Å². The molecule has 1 fully saturated rings. The molecule has 1 aromatic heterocycles. The van der Waals surface area contributed by atoms with Gasteiger partial charge in [0.15, 0.2) is 5.96 Å². The third-order valence-electron chi connectivity index (χ3n) is 4.04. The molecule has 0 saturated carbocycles. The molecular weight excluding hydrogens is 437 g/mol. The van der Waals surface area contributed by atoms with Crippen molar-refractivity contribution in [3.05, 3.63) is 21.9 Å². The molecule has 2 rings (SSSR count). The van der Waals surface area contributed by atoms with Gasteiger partial charge < -0.3 is 15.0 Å². The summed E-state index contributed by atoms with van der Waals surface area (Å²) in [5, 5.41) is 3.42. The Balaban J connectivity index is 0.00000288. The summed E-state index contributed by atoms with van der Waals surface area (Å²) in [5.41, 5.74) is 0. The van der Waals surface area contributed by atoms with Gasteiger partial charge in [-0.05, 0) is 38.3 Å². The molecule has 1 saturated heterocycles. The lowest BCUT2D eigenvalue weighted by atomic mass is 9.98. The van der Waals surface area contributed by atoms with E-state index in [9.17, 15) is 4.79 Å². The minimum absolute atomic E-state index is 0. The molecule has 0 spiro atoms. The third-order valence-corrected chi connectivity index (χ3v) is 5.27. The number of nitrogens with one attached hydrogen (secondary N) is 1. The molecule has 7 heteroatoms. The predicted octanol–water partition coefficient (Wildman–Crippen LogP) is 3.28. The quantitative estimate of drug-likeness (QED) is 0.314. The molecule has 2 heterocycles. The zero-order valence-corrected chi connectivity index (χ0v) is 17.9. The fraction of sp³-hybridized carbons (Fsp3) is 0.647. The van der Waals surface area contributed by atoms with Crippen LogP contribution in [-0.4, -0.2) is 43.6 Å². The van der Waals surface area contributed by atoms with Gasteiger partial charge in [-0.2, -0.15) is 0 Å². The molecule has 5 nitrogen and oxygen atoms in total. The number of rotatable bonds is 5. The van der Waals surface area contributed by atoms with Gasteiger partial charge in [-0.25, -0.2) is 0 Å². The van der Waals surface area contributed by atoms with Gasteiger partial charge in [0.2, 0.25) is 0 Å². The second kappa shape index (κ2) is 10.9. The Bertz CT molecular complexity index is 548. The zero-order valence-electron chi connectivity index (χ0n) is 14.7. The number of hydrogen-bond acceptors (Lipinski definition) is 4. The maximum absolute atomic E-state index is 12.0. The van der Waals surface area contributed by atoms with Crippen LogP contribution in [0.1, 0.15) is 36.4 Å². The van der Waals surface area contributed by atoms with Crippen molar-refractivity contribution in [1.29, 1.82) is 0 Å². The Morgan fingerprint density at radius 1 is 1.42 bits per heavy atom. The average molecular weight is 465 g/mol. The van der Waals surface area contributed by atoms with Gasteiger partial charge in [0.1, 0.15) is 0 Å². The Morgan fingerprint density at radius 2 is 2.17 bits per heavy atom. The molecule has 0 aliphatic carbocycles. The van der Waals surface area contributed by atoms with Crippen LogP contribution in [0, 0.1) is 5.92 Å². The van der Waals surface area contributed by atoms with E-state index in [1.165, 1.54) is 9.75 Å². The van der Waals surface area contributed by atoms with E-state index in [0.29, 0.717) is 13.2 Å². The number of carbonyl (C=O) groups is 1. The summed E-state index contributed by atoms with van der Waals surface area (Å²) in [7, 11) is 1.79. The van der Waals surface area contributed by atoms with Crippen molar-refractivity contribution < 1.29 is 9.53 Å². The topological polar surface area (TPSA) is 53.9 Å². The van der Waals surface area contributed by atoms with Gasteiger partial charge in [-0.3, -0.25) is 9.79 Å². The number of carbonyl (C=O) groups excluding carboxylic acids is 1. The first-order valence-electron chi connectivity index (χ1n) is 8.37. The van der Waals surface area contributed by atoms with Gasteiger partial charge in [-0.1, -0.05) is 6.92 Å². The number of hydrogen-bond donors (Lipinski definition) is 1. The second-order valence-electron chi connectivity index (χ2n) is 5.66. The van der Waals surface area contributed by atoms with E-state index in [0.717, 1.165) is 38.3 Å². The standard InChI is InChI=1S/C17H27N3O2S.HI/c1-4-14-8-9-15(23-14)11-19-17(18-3)20-10-6-7-13(12-20)16(21)22-5-2;/h8-9,13H,4-7,10-12H2,1-3H3,(H,18,19);1H. The Labute approximate surface area is 165 Å². The summed E-state index contributed by atoms with van der Waals surface area (Å²) in [5.74, 6) is 0.736. The van der Waals surface area contributed by atoms with Crippen molar-refractivity contribution in [3.63, 3.8) is 0 Å². The van der Waals surface area contributed by atoms with Crippen molar-refractivity contribution in [2.24, 2.45) is 10.9 Å². The number of likely N-dealkylation sites (tertiary alicyclic amines) is 1. The first-order valence-corrected chi connectivity index (χ1v) is 9.19. The molecule has 0 bridgehead atoms. The van der Waals surface area contributed by atoms with Crippen LogP contribution in [0.4, 0.5) is 0 Å². The number of thiophene rings is 1. The normalized spacial score (nSPS) is 18.0. The van der Waals surface area contributed by atoms with E-state index in [2.05, 4.69) is 34.3 Å². The second-order valence-corrected chi connectivity index (χ2v) is 6.91. The smallest absolute Gasteiger partial charge is 0.310 e. The van der Waals surface area contributed by atoms with E-state index in [1.54, 1.807) is 7.05 Å². The Morgan fingerprint density at radius 3 is 2.79 bits per heavy atom. The van der Waals surface area contributed by atoms with E-state index < -0.39 is 0 Å². The minimum Gasteiger partial charge on any atom is -0.466 e. The van der Waals surface area contributed by atoms with E-state index in [-0.39, 0.29) is 35.9 Å². The fourth-order valence-corrected chi connectivity index (χ4v) is 3.73. The van der Waals surface area contributed by atoms with Crippen LogP contribution in [0.2, 0.25) is 0 Å². The molecule has 24 heavy (non-hydrogen) atoms. The summed E-state index contributed by atoms with van der Waals surface area (Å²) < 4.78 is 5.16. The van der Waals surface area contributed by atoms with Gasteiger partial charge in [0.25, 0.3) is 0 Å². The highest BCUT2D eigenvalue weighted by Crippen LogP contribution is 2.19. The first-order chi connectivity index (χ1) is 11.2. The lowest BCUT2D eigenvalue weighted by molar-refractivity contribution is -0.149. The van der Waals surface area contributed by atoms with Crippen LogP contribution in [-0.2, 0) is 22.5 Å². The summed E-state index contributed by atoms with van der Waals surface area (Å²) >= 11 is 1.83. The zero-order chi connectivity index (χ0) is 16.7. The first kappa shape index (κ1) is 21.2. The molecule has 0 aromatic carbocycles.